The maximum atomic E-state index is 12.1. The quantitative estimate of drug-likeness (QED) is 0.495. The van der Waals surface area contributed by atoms with E-state index in [4.69, 9.17) is 9.47 Å². The summed E-state index contributed by atoms with van der Waals surface area (Å²) in [7, 11) is 1.48. The van der Waals surface area contributed by atoms with Crippen LogP contribution in [-0.2, 0) is 11.4 Å². The highest BCUT2D eigenvalue weighted by Crippen LogP contribution is 2.34. The second-order valence-electron chi connectivity index (χ2n) is 6.85. The molecule has 0 aliphatic carbocycles. The Morgan fingerprint density at radius 2 is 1.73 bits per heavy atom. The molecule has 1 fully saturated rings. The van der Waals surface area contributed by atoms with Crippen LogP contribution in [-0.4, -0.2) is 29.7 Å². The third kappa shape index (κ3) is 4.19. The summed E-state index contributed by atoms with van der Waals surface area (Å²) in [6.07, 6.45) is 1.70. The van der Waals surface area contributed by atoms with E-state index >= 15 is 0 Å². The van der Waals surface area contributed by atoms with Gasteiger partial charge in [0.2, 0.25) is 0 Å². The highest BCUT2D eigenvalue weighted by atomic mass is 32.2. The lowest BCUT2D eigenvalue weighted by molar-refractivity contribution is -0.121. The van der Waals surface area contributed by atoms with Crippen molar-refractivity contribution in [3.63, 3.8) is 0 Å². The van der Waals surface area contributed by atoms with Crippen molar-refractivity contribution in [3.05, 3.63) is 76.7 Å². The Morgan fingerprint density at radius 1 is 0.933 bits per heavy atom. The molecule has 152 valence electrons. The van der Waals surface area contributed by atoms with Gasteiger partial charge in [-0.3, -0.25) is 14.5 Å². The first-order valence-electron chi connectivity index (χ1n) is 9.64. The summed E-state index contributed by atoms with van der Waals surface area (Å²) in [5, 5.41) is 2.09. The van der Waals surface area contributed by atoms with Crippen LogP contribution in [0.3, 0.4) is 0 Å². The maximum absolute atomic E-state index is 12.1. The number of likely N-dealkylation sites (N-methyl/N-ethyl adjacent to an activating group) is 1. The average molecular weight is 420 g/mol. The number of rotatable bonds is 6. The summed E-state index contributed by atoms with van der Waals surface area (Å²) in [6.45, 7) is 2.81. The number of nitrogens with zero attached hydrogens (tertiary/aromatic N) is 1. The Bertz CT molecular complexity index is 1150. The third-order valence-corrected chi connectivity index (χ3v) is 5.72. The summed E-state index contributed by atoms with van der Waals surface area (Å²) in [6, 6.07) is 20.0. The number of thioether (sulfide) groups is 1. The molecule has 1 aliphatic heterocycles. The van der Waals surface area contributed by atoms with Crippen LogP contribution in [0, 0.1) is 0 Å². The van der Waals surface area contributed by atoms with Crippen molar-refractivity contribution < 1.29 is 19.1 Å². The Hall–Kier alpha value is -3.25. The fraction of sp³-hybridized carbons (Fsp3) is 0.167. The van der Waals surface area contributed by atoms with E-state index in [2.05, 4.69) is 30.3 Å². The van der Waals surface area contributed by atoms with Crippen LogP contribution in [0.4, 0.5) is 4.79 Å². The van der Waals surface area contributed by atoms with Gasteiger partial charge < -0.3 is 9.47 Å². The Morgan fingerprint density at radius 3 is 2.47 bits per heavy atom. The zero-order valence-electron chi connectivity index (χ0n) is 16.8. The summed E-state index contributed by atoms with van der Waals surface area (Å²) < 4.78 is 11.8. The van der Waals surface area contributed by atoms with Crippen molar-refractivity contribution in [3.8, 4) is 11.5 Å². The van der Waals surface area contributed by atoms with E-state index in [1.807, 2.05) is 37.3 Å². The fourth-order valence-electron chi connectivity index (χ4n) is 3.19. The van der Waals surface area contributed by atoms with Crippen molar-refractivity contribution in [2.45, 2.75) is 13.5 Å². The second kappa shape index (κ2) is 8.63. The molecular weight excluding hydrogens is 398 g/mol. The molecule has 0 aromatic heterocycles. The van der Waals surface area contributed by atoms with Crippen LogP contribution in [0.15, 0.2) is 65.6 Å². The van der Waals surface area contributed by atoms with E-state index in [9.17, 15) is 9.59 Å². The molecule has 1 heterocycles. The van der Waals surface area contributed by atoms with Crippen LogP contribution in [0.2, 0.25) is 0 Å². The van der Waals surface area contributed by atoms with Gasteiger partial charge in [-0.1, -0.05) is 42.5 Å². The molecule has 0 spiro atoms. The predicted molar refractivity (Wildman–Crippen MR) is 120 cm³/mol. The molecule has 5 nitrogen and oxygen atoms in total. The molecule has 3 aromatic rings. The van der Waals surface area contributed by atoms with Gasteiger partial charge >= 0.3 is 0 Å². The molecule has 4 rings (SSSR count). The molecule has 3 aromatic carbocycles. The number of imide groups is 1. The summed E-state index contributed by atoms with van der Waals surface area (Å²) in [5.74, 6) is 0.938. The fourth-order valence-corrected chi connectivity index (χ4v) is 4.02. The Kier molecular flexibility index (Phi) is 5.77. The van der Waals surface area contributed by atoms with Crippen molar-refractivity contribution in [2.24, 2.45) is 0 Å². The molecule has 0 atom stereocenters. The van der Waals surface area contributed by atoms with Gasteiger partial charge in [0.1, 0.15) is 6.61 Å². The average Bonchev–Trinajstić information content (AvgIpc) is 3.00. The van der Waals surface area contributed by atoms with Gasteiger partial charge in [0, 0.05) is 7.05 Å². The van der Waals surface area contributed by atoms with Gasteiger partial charge in [-0.2, -0.15) is 0 Å². The molecule has 2 amide bonds. The lowest BCUT2D eigenvalue weighted by Gasteiger charge is -2.13. The number of benzene rings is 3. The van der Waals surface area contributed by atoms with Crippen molar-refractivity contribution >= 4 is 39.8 Å². The monoisotopic (exact) mass is 419 g/mol. The topological polar surface area (TPSA) is 55.8 Å². The molecule has 1 aliphatic rings. The molecule has 30 heavy (non-hydrogen) atoms. The minimum absolute atomic E-state index is 0.272. The molecule has 6 heteroatoms. The van der Waals surface area contributed by atoms with Gasteiger partial charge in [0.25, 0.3) is 11.1 Å². The van der Waals surface area contributed by atoms with Gasteiger partial charge in [0.05, 0.1) is 11.5 Å². The number of hydrogen-bond donors (Lipinski definition) is 0. The van der Waals surface area contributed by atoms with E-state index in [0.29, 0.717) is 29.6 Å². The van der Waals surface area contributed by atoms with Crippen molar-refractivity contribution in [2.75, 3.05) is 13.7 Å². The number of carbonyl (C=O) groups is 2. The summed E-state index contributed by atoms with van der Waals surface area (Å²) in [5.41, 5.74) is 1.84. The standard InChI is InChI=1S/C24H21NO4S/c1-3-28-21-13-16(14-22-23(26)25(2)24(27)30-22)9-11-20(21)29-15-17-8-10-18-6-4-5-7-19(18)12-17/h4-14H,3,15H2,1-2H3/b22-14-. The van der Waals surface area contributed by atoms with Gasteiger partial charge in [-0.25, -0.2) is 0 Å². The van der Waals surface area contributed by atoms with Crippen LogP contribution >= 0.6 is 11.8 Å². The predicted octanol–water partition coefficient (Wildman–Crippen LogP) is 5.48. The maximum Gasteiger partial charge on any atom is 0.293 e. The minimum Gasteiger partial charge on any atom is -0.490 e. The number of ether oxygens (including phenoxy) is 2. The largest absolute Gasteiger partial charge is 0.490 e. The van der Waals surface area contributed by atoms with E-state index < -0.39 is 0 Å². The summed E-state index contributed by atoms with van der Waals surface area (Å²) in [4.78, 5) is 25.3. The van der Waals surface area contributed by atoms with E-state index in [1.165, 1.54) is 17.8 Å². The molecule has 0 radical (unpaired) electrons. The Labute approximate surface area is 179 Å². The van der Waals surface area contributed by atoms with Crippen molar-refractivity contribution in [1.82, 2.24) is 4.90 Å². The van der Waals surface area contributed by atoms with Crippen LogP contribution in [0.1, 0.15) is 18.1 Å². The van der Waals surface area contributed by atoms with Crippen LogP contribution in [0.25, 0.3) is 16.8 Å². The first-order chi connectivity index (χ1) is 14.5. The van der Waals surface area contributed by atoms with Crippen molar-refractivity contribution in [1.29, 1.82) is 0 Å². The molecule has 0 unspecified atom stereocenters. The first-order valence-corrected chi connectivity index (χ1v) is 10.5. The van der Waals surface area contributed by atoms with Gasteiger partial charge in [-0.05, 0) is 64.9 Å². The molecule has 0 N–H and O–H groups in total. The zero-order valence-corrected chi connectivity index (χ0v) is 17.6. The molecule has 0 bridgehead atoms. The normalized spacial score (nSPS) is 15.3. The van der Waals surface area contributed by atoms with E-state index in [0.717, 1.165) is 27.8 Å². The Balaban J connectivity index is 1.54. The number of amides is 2. The highest BCUT2D eigenvalue weighted by molar-refractivity contribution is 8.18. The zero-order chi connectivity index (χ0) is 21.1. The number of hydrogen-bond acceptors (Lipinski definition) is 5. The number of carbonyl (C=O) groups excluding carboxylic acids is 2. The number of fused-ring (bicyclic) bond motifs is 1. The SMILES string of the molecule is CCOc1cc(/C=C2\SC(=O)N(C)C2=O)ccc1OCc1ccc2ccccc2c1. The van der Waals surface area contributed by atoms with Gasteiger partial charge in [0.15, 0.2) is 11.5 Å². The van der Waals surface area contributed by atoms with Gasteiger partial charge in [-0.15, -0.1) is 0 Å². The molecule has 1 saturated heterocycles. The first kappa shape index (κ1) is 20.0. The van der Waals surface area contributed by atoms with E-state index in [-0.39, 0.29) is 11.1 Å². The highest BCUT2D eigenvalue weighted by Gasteiger charge is 2.31. The third-order valence-electron chi connectivity index (χ3n) is 4.76. The molecule has 0 saturated carbocycles. The summed E-state index contributed by atoms with van der Waals surface area (Å²) >= 11 is 0.935. The van der Waals surface area contributed by atoms with Crippen LogP contribution < -0.4 is 9.47 Å². The smallest absolute Gasteiger partial charge is 0.293 e. The second-order valence-corrected chi connectivity index (χ2v) is 7.84. The van der Waals surface area contributed by atoms with E-state index in [1.54, 1.807) is 6.08 Å². The van der Waals surface area contributed by atoms with Crippen LogP contribution in [0.5, 0.6) is 11.5 Å². The molecular formula is C24H21NO4S. The lowest BCUT2D eigenvalue weighted by atomic mass is 10.1. The minimum atomic E-state index is -0.292. The lowest BCUT2D eigenvalue weighted by Crippen LogP contribution is -2.22.